The molecule has 26 heavy (non-hydrogen) atoms. The lowest BCUT2D eigenvalue weighted by Gasteiger charge is -2.15. The van der Waals surface area contributed by atoms with E-state index >= 15 is 0 Å². The second kappa shape index (κ2) is 8.53. The topological polar surface area (TPSA) is 84.5 Å². The molecule has 1 atom stereocenters. The summed E-state index contributed by atoms with van der Waals surface area (Å²) in [6.45, 7) is 3.67. The number of carbonyl (C=O) groups excluding carboxylic acids is 1. The molecule has 0 aliphatic carbocycles. The van der Waals surface area contributed by atoms with Crippen LogP contribution in [0.15, 0.2) is 47.4 Å². The zero-order valence-electron chi connectivity index (χ0n) is 14.7. The Morgan fingerprint density at radius 2 is 1.85 bits per heavy atom. The molecule has 0 bridgehead atoms. The molecule has 0 saturated carbocycles. The van der Waals surface area contributed by atoms with E-state index < -0.39 is 15.9 Å². The molecule has 0 spiro atoms. The summed E-state index contributed by atoms with van der Waals surface area (Å²) < 4.78 is 32.7. The molecule has 0 aliphatic rings. The van der Waals surface area contributed by atoms with Crippen LogP contribution in [-0.4, -0.2) is 27.5 Å². The van der Waals surface area contributed by atoms with Gasteiger partial charge < -0.3 is 10.1 Å². The van der Waals surface area contributed by atoms with Crippen molar-refractivity contribution in [3.63, 3.8) is 0 Å². The van der Waals surface area contributed by atoms with Crippen LogP contribution in [-0.2, 0) is 10.0 Å². The predicted octanol–water partition coefficient (Wildman–Crippen LogP) is 3.68. The van der Waals surface area contributed by atoms with Gasteiger partial charge in [-0.1, -0.05) is 18.5 Å². The number of hydrogen-bond acceptors (Lipinski definition) is 4. The van der Waals surface area contributed by atoms with Gasteiger partial charge in [-0.05, 0) is 55.8 Å². The summed E-state index contributed by atoms with van der Waals surface area (Å²) in [6, 6.07) is 10.5. The minimum Gasteiger partial charge on any atom is -0.495 e. The van der Waals surface area contributed by atoms with Gasteiger partial charge in [0.05, 0.1) is 17.7 Å². The second-order valence-corrected chi connectivity index (χ2v) is 7.90. The number of ether oxygens (including phenoxy) is 1. The molecule has 0 aromatic heterocycles. The summed E-state index contributed by atoms with van der Waals surface area (Å²) in [4.78, 5) is 12.5. The van der Waals surface area contributed by atoms with Crippen molar-refractivity contribution in [2.24, 2.45) is 0 Å². The zero-order valence-corrected chi connectivity index (χ0v) is 16.3. The number of amides is 1. The molecule has 0 aliphatic heterocycles. The van der Waals surface area contributed by atoms with Crippen LogP contribution in [0.5, 0.6) is 5.75 Å². The number of rotatable bonds is 7. The quantitative estimate of drug-likeness (QED) is 0.747. The van der Waals surface area contributed by atoms with E-state index in [4.69, 9.17) is 16.3 Å². The van der Waals surface area contributed by atoms with E-state index in [-0.39, 0.29) is 16.6 Å². The Morgan fingerprint density at radius 1 is 1.19 bits per heavy atom. The van der Waals surface area contributed by atoms with Gasteiger partial charge in [-0.15, -0.1) is 0 Å². The van der Waals surface area contributed by atoms with Gasteiger partial charge in [0.2, 0.25) is 10.0 Å². The normalized spacial score (nSPS) is 12.5. The molecule has 2 aromatic carbocycles. The number of sulfonamides is 1. The first-order valence-corrected chi connectivity index (χ1v) is 9.90. The van der Waals surface area contributed by atoms with Crippen LogP contribution < -0.4 is 14.8 Å². The minimum absolute atomic E-state index is 0.0463. The predicted molar refractivity (Wildman–Crippen MR) is 102 cm³/mol. The first-order chi connectivity index (χ1) is 12.3. The van der Waals surface area contributed by atoms with E-state index in [1.807, 2.05) is 6.92 Å². The molecule has 0 unspecified atom stereocenters. The average Bonchev–Trinajstić information content (AvgIpc) is 2.61. The van der Waals surface area contributed by atoms with Gasteiger partial charge in [-0.2, -0.15) is 0 Å². The van der Waals surface area contributed by atoms with Gasteiger partial charge in [-0.3, -0.25) is 4.79 Å². The monoisotopic (exact) mass is 396 g/mol. The third kappa shape index (κ3) is 4.97. The van der Waals surface area contributed by atoms with Crippen LogP contribution in [0.1, 0.15) is 30.6 Å². The highest BCUT2D eigenvalue weighted by Gasteiger charge is 2.19. The Morgan fingerprint density at radius 3 is 2.42 bits per heavy atom. The van der Waals surface area contributed by atoms with E-state index in [9.17, 15) is 13.2 Å². The second-order valence-electron chi connectivity index (χ2n) is 5.75. The lowest BCUT2D eigenvalue weighted by atomic mass is 10.2. The molecule has 6 nitrogen and oxygen atoms in total. The third-order valence-electron chi connectivity index (χ3n) is 3.80. The first kappa shape index (κ1) is 20.2. The van der Waals surface area contributed by atoms with Crippen molar-refractivity contribution in [1.82, 2.24) is 4.72 Å². The van der Waals surface area contributed by atoms with Crippen molar-refractivity contribution in [2.75, 3.05) is 12.4 Å². The molecule has 1 amide bonds. The summed E-state index contributed by atoms with van der Waals surface area (Å²) in [7, 11) is -2.26. The van der Waals surface area contributed by atoms with Gasteiger partial charge in [0.25, 0.3) is 5.91 Å². The van der Waals surface area contributed by atoms with Crippen LogP contribution in [0, 0.1) is 0 Å². The van der Waals surface area contributed by atoms with Gasteiger partial charge in [0, 0.05) is 16.6 Å². The Bertz CT molecular complexity index is 883. The smallest absolute Gasteiger partial charge is 0.255 e. The lowest BCUT2D eigenvalue weighted by Crippen LogP contribution is -2.32. The fraction of sp³-hybridized carbons (Fsp3) is 0.278. The van der Waals surface area contributed by atoms with Crippen LogP contribution in [0.2, 0.25) is 5.02 Å². The van der Waals surface area contributed by atoms with Crippen molar-refractivity contribution in [3.8, 4) is 5.75 Å². The van der Waals surface area contributed by atoms with Crippen LogP contribution >= 0.6 is 11.6 Å². The highest BCUT2D eigenvalue weighted by Crippen LogP contribution is 2.28. The summed E-state index contributed by atoms with van der Waals surface area (Å²) >= 11 is 5.82. The number of anilines is 1. The van der Waals surface area contributed by atoms with E-state index in [1.165, 1.54) is 25.3 Å². The highest BCUT2D eigenvalue weighted by atomic mass is 35.5. The van der Waals surface area contributed by atoms with E-state index in [1.54, 1.807) is 31.2 Å². The van der Waals surface area contributed by atoms with E-state index in [0.29, 0.717) is 22.8 Å². The van der Waals surface area contributed by atoms with Gasteiger partial charge in [0.1, 0.15) is 5.75 Å². The number of halogens is 1. The molecular weight excluding hydrogens is 376 g/mol. The number of methoxy groups -OCH3 is 1. The van der Waals surface area contributed by atoms with Crippen molar-refractivity contribution in [2.45, 2.75) is 31.2 Å². The van der Waals surface area contributed by atoms with Gasteiger partial charge >= 0.3 is 0 Å². The van der Waals surface area contributed by atoms with Crippen molar-refractivity contribution >= 4 is 33.2 Å². The van der Waals surface area contributed by atoms with Gasteiger partial charge in [0.15, 0.2) is 0 Å². The number of nitrogens with one attached hydrogen (secondary N) is 2. The molecule has 8 heteroatoms. The maximum absolute atomic E-state index is 12.5. The fourth-order valence-electron chi connectivity index (χ4n) is 2.16. The number of benzene rings is 2. The van der Waals surface area contributed by atoms with Crippen molar-refractivity contribution < 1.29 is 17.9 Å². The lowest BCUT2D eigenvalue weighted by molar-refractivity contribution is 0.102. The standard InChI is InChI=1S/C18H21ClN2O4S/c1-4-12(2)21-26(23,24)15-9-10-17(25-3)16(11-15)20-18(22)13-5-7-14(19)8-6-13/h5-12,21H,4H2,1-3H3,(H,20,22)/t12-/m1/s1. The third-order valence-corrected chi connectivity index (χ3v) is 5.64. The first-order valence-electron chi connectivity index (χ1n) is 8.04. The largest absolute Gasteiger partial charge is 0.495 e. The number of hydrogen-bond donors (Lipinski definition) is 2. The van der Waals surface area contributed by atoms with Crippen molar-refractivity contribution in [1.29, 1.82) is 0 Å². The van der Waals surface area contributed by atoms with Crippen LogP contribution in [0.3, 0.4) is 0 Å². The van der Waals surface area contributed by atoms with Crippen LogP contribution in [0.25, 0.3) is 0 Å². The maximum atomic E-state index is 12.5. The summed E-state index contributed by atoms with van der Waals surface area (Å²) in [5.41, 5.74) is 0.655. The van der Waals surface area contributed by atoms with E-state index in [2.05, 4.69) is 10.0 Å². The van der Waals surface area contributed by atoms with Gasteiger partial charge in [-0.25, -0.2) is 13.1 Å². The Hall–Kier alpha value is -2.09. The highest BCUT2D eigenvalue weighted by molar-refractivity contribution is 7.89. The molecule has 0 heterocycles. The molecule has 140 valence electrons. The average molecular weight is 397 g/mol. The van der Waals surface area contributed by atoms with Crippen molar-refractivity contribution in [3.05, 3.63) is 53.1 Å². The summed E-state index contributed by atoms with van der Waals surface area (Å²) in [5.74, 6) is -0.0424. The molecule has 2 aromatic rings. The molecule has 2 N–H and O–H groups in total. The Kier molecular flexibility index (Phi) is 6.63. The fourth-order valence-corrected chi connectivity index (χ4v) is 3.64. The van der Waals surface area contributed by atoms with Crippen LogP contribution in [0.4, 0.5) is 5.69 Å². The maximum Gasteiger partial charge on any atom is 0.255 e. The Labute approximate surface area is 158 Å². The summed E-state index contributed by atoms with van der Waals surface area (Å²) in [5, 5.41) is 3.19. The minimum atomic E-state index is -3.70. The Balaban J connectivity index is 2.32. The van der Waals surface area contributed by atoms with E-state index in [0.717, 1.165) is 0 Å². The number of carbonyl (C=O) groups is 1. The summed E-state index contributed by atoms with van der Waals surface area (Å²) in [6.07, 6.45) is 0.662. The molecule has 0 fully saturated rings. The molecule has 0 radical (unpaired) electrons. The zero-order chi connectivity index (χ0) is 19.3. The molecule has 0 saturated heterocycles. The molecule has 2 rings (SSSR count). The molecular formula is C18H21ClN2O4S. The SMILES string of the molecule is CC[C@@H](C)NS(=O)(=O)c1ccc(OC)c(NC(=O)c2ccc(Cl)cc2)c1.